The Labute approximate surface area is 203 Å². The third-order valence-electron chi connectivity index (χ3n) is 6.83. The van der Waals surface area contributed by atoms with Gasteiger partial charge in [-0.15, -0.1) is 0 Å². The zero-order chi connectivity index (χ0) is 23.8. The molecule has 1 heterocycles. The van der Waals surface area contributed by atoms with Crippen LogP contribution in [0.3, 0.4) is 0 Å². The molecule has 1 aliphatic rings. The lowest BCUT2D eigenvalue weighted by Gasteiger charge is -2.27. The highest BCUT2D eigenvalue weighted by Gasteiger charge is 2.30. The average Bonchev–Trinajstić information content (AvgIpc) is 3.42. The monoisotopic (exact) mass is 457 g/mol. The second-order valence-electron chi connectivity index (χ2n) is 8.96. The van der Waals surface area contributed by atoms with Crippen LogP contribution >= 0.6 is 0 Å². The van der Waals surface area contributed by atoms with Crippen molar-refractivity contribution in [2.24, 2.45) is 5.92 Å². The first-order valence-electron chi connectivity index (χ1n) is 12.4. The van der Waals surface area contributed by atoms with Gasteiger partial charge < -0.3 is 9.47 Å². The SMILES string of the molecule is CC[C@@H](C(=O)c1ccccc1)[C@@H](c1ccc(OC)cc1)c1ccc(OCCN2CCCC2)cc1. The van der Waals surface area contributed by atoms with Crippen molar-refractivity contribution in [3.63, 3.8) is 0 Å². The zero-order valence-electron chi connectivity index (χ0n) is 20.3. The van der Waals surface area contributed by atoms with E-state index in [1.165, 1.54) is 25.9 Å². The van der Waals surface area contributed by atoms with Crippen molar-refractivity contribution in [3.8, 4) is 11.5 Å². The molecule has 0 unspecified atom stereocenters. The van der Waals surface area contributed by atoms with E-state index in [1.54, 1.807) is 7.11 Å². The summed E-state index contributed by atoms with van der Waals surface area (Å²) in [5.74, 6) is 1.64. The topological polar surface area (TPSA) is 38.8 Å². The molecular formula is C30H35NO3. The molecule has 34 heavy (non-hydrogen) atoms. The zero-order valence-corrected chi connectivity index (χ0v) is 20.3. The van der Waals surface area contributed by atoms with Crippen LogP contribution in [0.5, 0.6) is 11.5 Å². The van der Waals surface area contributed by atoms with Crippen molar-refractivity contribution < 1.29 is 14.3 Å². The van der Waals surface area contributed by atoms with Crippen LogP contribution < -0.4 is 9.47 Å². The number of carbonyl (C=O) groups excluding carboxylic acids is 1. The molecule has 0 spiro atoms. The third kappa shape index (κ3) is 5.87. The van der Waals surface area contributed by atoms with Crippen molar-refractivity contribution in [2.45, 2.75) is 32.1 Å². The molecule has 4 nitrogen and oxygen atoms in total. The summed E-state index contributed by atoms with van der Waals surface area (Å²) in [6.07, 6.45) is 3.34. The fraction of sp³-hybridized carbons (Fsp3) is 0.367. The molecule has 0 radical (unpaired) electrons. The van der Waals surface area contributed by atoms with Gasteiger partial charge in [-0.05, 0) is 67.7 Å². The molecule has 0 aromatic heterocycles. The Bertz CT molecular complexity index is 1020. The summed E-state index contributed by atoms with van der Waals surface area (Å²) in [4.78, 5) is 16.0. The fourth-order valence-corrected chi connectivity index (χ4v) is 4.93. The van der Waals surface area contributed by atoms with Crippen LogP contribution in [0.2, 0.25) is 0 Å². The van der Waals surface area contributed by atoms with Gasteiger partial charge in [0.25, 0.3) is 0 Å². The first-order valence-corrected chi connectivity index (χ1v) is 12.4. The van der Waals surface area contributed by atoms with Gasteiger partial charge in [0.1, 0.15) is 18.1 Å². The maximum absolute atomic E-state index is 13.6. The van der Waals surface area contributed by atoms with Gasteiger partial charge in [-0.1, -0.05) is 61.5 Å². The van der Waals surface area contributed by atoms with Crippen molar-refractivity contribution in [2.75, 3.05) is 33.4 Å². The van der Waals surface area contributed by atoms with E-state index in [2.05, 4.69) is 36.1 Å². The molecule has 3 aromatic rings. The first-order chi connectivity index (χ1) is 16.7. The Hall–Kier alpha value is -3.11. The number of carbonyl (C=O) groups is 1. The molecule has 2 atom stereocenters. The number of hydrogen-bond acceptors (Lipinski definition) is 4. The standard InChI is InChI=1S/C30H35NO3/c1-3-28(30(32)25-9-5-4-6-10-25)29(23-11-15-26(33-2)16-12-23)24-13-17-27(18-14-24)34-22-21-31-19-7-8-20-31/h4-6,9-18,28-29H,3,7-8,19-22H2,1-2H3/t28-,29+/m1/s1. The van der Waals surface area contributed by atoms with Gasteiger partial charge in [0, 0.05) is 23.9 Å². The van der Waals surface area contributed by atoms with Crippen molar-refractivity contribution in [1.82, 2.24) is 4.90 Å². The third-order valence-corrected chi connectivity index (χ3v) is 6.83. The van der Waals surface area contributed by atoms with E-state index >= 15 is 0 Å². The molecule has 1 fully saturated rings. The van der Waals surface area contributed by atoms with E-state index in [-0.39, 0.29) is 17.6 Å². The lowest BCUT2D eigenvalue weighted by Crippen LogP contribution is -2.25. The fourth-order valence-electron chi connectivity index (χ4n) is 4.93. The predicted molar refractivity (Wildman–Crippen MR) is 137 cm³/mol. The molecule has 0 aliphatic carbocycles. The predicted octanol–water partition coefficient (Wildman–Crippen LogP) is 6.21. The van der Waals surface area contributed by atoms with Gasteiger partial charge in [-0.2, -0.15) is 0 Å². The van der Waals surface area contributed by atoms with Gasteiger partial charge in [0.15, 0.2) is 5.78 Å². The van der Waals surface area contributed by atoms with Gasteiger partial charge in [-0.3, -0.25) is 9.69 Å². The summed E-state index contributed by atoms with van der Waals surface area (Å²) in [5.41, 5.74) is 2.99. The first kappa shape index (κ1) is 24.0. The minimum Gasteiger partial charge on any atom is -0.497 e. The summed E-state index contributed by atoms with van der Waals surface area (Å²) in [7, 11) is 1.67. The number of likely N-dealkylation sites (tertiary alicyclic amines) is 1. The summed E-state index contributed by atoms with van der Waals surface area (Å²) in [6, 6.07) is 26.0. The number of ketones is 1. The van der Waals surface area contributed by atoms with E-state index in [9.17, 15) is 4.79 Å². The molecule has 0 amide bonds. The van der Waals surface area contributed by atoms with Gasteiger partial charge in [-0.25, -0.2) is 0 Å². The lowest BCUT2D eigenvalue weighted by atomic mass is 9.76. The number of methoxy groups -OCH3 is 1. The Morgan fingerprint density at radius 2 is 1.44 bits per heavy atom. The minimum absolute atomic E-state index is 0.0535. The molecule has 3 aromatic carbocycles. The lowest BCUT2D eigenvalue weighted by molar-refractivity contribution is 0.0904. The number of rotatable bonds is 11. The number of ether oxygens (including phenoxy) is 2. The van der Waals surface area contributed by atoms with E-state index in [0.29, 0.717) is 6.61 Å². The van der Waals surface area contributed by atoms with Gasteiger partial charge in [0.05, 0.1) is 7.11 Å². The van der Waals surface area contributed by atoms with Crippen LogP contribution in [0.1, 0.15) is 53.6 Å². The van der Waals surface area contributed by atoms with Crippen molar-refractivity contribution in [1.29, 1.82) is 0 Å². The van der Waals surface area contributed by atoms with Crippen LogP contribution in [-0.4, -0.2) is 44.0 Å². The summed E-state index contributed by atoms with van der Waals surface area (Å²) in [6.45, 7) is 6.13. The normalized spacial score (nSPS) is 15.6. The van der Waals surface area contributed by atoms with Crippen LogP contribution in [-0.2, 0) is 0 Å². The molecule has 1 aliphatic heterocycles. The Morgan fingerprint density at radius 1 is 0.853 bits per heavy atom. The van der Waals surface area contributed by atoms with Crippen LogP contribution in [0.4, 0.5) is 0 Å². The number of Topliss-reactive ketones (excluding diaryl/α,β-unsaturated/α-hetero) is 1. The Balaban J connectivity index is 1.57. The smallest absolute Gasteiger partial charge is 0.166 e. The molecule has 178 valence electrons. The van der Waals surface area contributed by atoms with E-state index in [4.69, 9.17) is 9.47 Å². The van der Waals surface area contributed by atoms with Gasteiger partial charge >= 0.3 is 0 Å². The molecule has 4 heteroatoms. The maximum atomic E-state index is 13.6. The highest BCUT2D eigenvalue weighted by molar-refractivity contribution is 5.98. The Kier molecular flexibility index (Phi) is 8.37. The summed E-state index contributed by atoms with van der Waals surface area (Å²) < 4.78 is 11.4. The van der Waals surface area contributed by atoms with Crippen molar-refractivity contribution >= 4 is 5.78 Å². The second kappa shape index (κ2) is 11.8. The second-order valence-corrected chi connectivity index (χ2v) is 8.96. The van der Waals surface area contributed by atoms with Crippen molar-refractivity contribution in [3.05, 3.63) is 95.6 Å². The molecule has 0 bridgehead atoms. The van der Waals surface area contributed by atoms with Crippen LogP contribution in [0, 0.1) is 5.92 Å². The largest absolute Gasteiger partial charge is 0.497 e. The summed E-state index contributed by atoms with van der Waals surface area (Å²) >= 11 is 0. The molecular weight excluding hydrogens is 422 g/mol. The van der Waals surface area contributed by atoms with Crippen LogP contribution in [0.15, 0.2) is 78.9 Å². The molecule has 0 N–H and O–H groups in total. The number of nitrogens with zero attached hydrogens (tertiary/aromatic N) is 1. The highest BCUT2D eigenvalue weighted by Crippen LogP contribution is 2.37. The average molecular weight is 458 g/mol. The molecule has 0 saturated carbocycles. The molecule has 4 rings (SSSR count). The van der Waals surface area contributed by atoms with Gasteiger partial charge in [0.2, 0.25) is 0 Å². The number of benzene rings is 3. The Morgan fingerprint density at radius 3 is 2.00 bits per heavy atom. The highest BCUT2D eigenvalue weighted by atomic mass is 16.5. The maximum Gasteiger partial charge on any atom is 0.166 e. The molecule has 1 saturated heterocycles. The van der Waals surface area contributed by atoms with E-state index < -0.39 is 0 Å². The van der Waals surface area contributed by atoms with E-state index in [1.807, 2.05) is 54.6 Å². The minimum atomic E-state index is -0.169. The quantitative estimate of drug-likeness (QED) is 0.321. The number of hydrogen-bond donors (Lipinski definition) is 0. The van der Waals surface area contributed by atoms with E-state index in [0.717, 1.165) is 41.2 Å². The summed E-state index contributed by atoms with van der Waals surface area (Å²) in [5, 5.41) is 0. The van der Waals surface area contributed by atoms with Crippen LogP contribution in [0.25, 0.3) is 0 Å².